The summed E-state index contributed by atoms with van der Waals surface area (Å²) in [5.41, 5.74) is 8.04. The summed E-state index contributed by atoms with van der Waals surface area (Å²) in [6.07, 6.45) is 2.85. The molecule has 2 heterocycles. The highest BCUT2D eigenvalue weighted by Gasteiger charge is 2.17. The zero-order valence-electron chi connectivity index (χ0n) is 12.2. The second-order valence-electron chi connectivity index (χ2n) is 4.70. The maximum atomic E-state index is 12.2. The van der Waals surface area contributed by atoms with Gasteiger partial charge >= 0.3 is 0 Å². The minimum atomic E-state index is 0.0569. The number of carbonyl (C=O) groups is 1. The molecular weight excluding hydrogens is 336 g/mol. The lowest BCUT2D eigenvalue weighted by molar-refractivity contribution is -0.119. The Bertz CT molecular complexity index is 633. The summed E-state index contributed by atoms with van der Waals surface area (Å²) >= 11 is 3.55. The molecule has 0 saturated heterocycles. The Kier molecular flexibility index (Phi) is 5.24. The van der Waals surface area contributed by atoms with E-state index in [0.29, 0.717) is 18.7 Å². The van der Waals surface area contributed by atoms with Gasteiger partial charge < -0.3 is 5.73 Å². The molecule has 0 atom stereocenters. The highest BCUT2D eigenvalue weighted by atomic mass is 79.9. The molecule has 0 aliphatic heterocycles. The maximum absolute atomic E-state index is 12.2. The van der Waals surface area contributed by atoms with E-state index in [1.165, 1.54) is 4.68 Å². The smallest absolute Gasteiger partial charge is 0.160 e. The van der Waals surface area contributed by atoms with Gasteiger partial charge in [0.25, 0.3) is 0 Å². The van der Waals surface area contributed by atoms with Crippen LogP contribution in [0.2, 0.25) is 0 Å². The van der Waals surface area contributed by atoms with Crippen molar-refractivity contribution in [1.29, 1.82) is 0 Å². The minimum absolute atomic E-state index is 0.0569. The quantitative estimate of drug-likeness (QED) is 0.803. The third-order valence-corrected chi connectivity index (χ3v) is 4.11. The molecule has 0 spiro atoms. The van der Waals surface area contributed by atoms with E-state index in [-0.39, 0.29) is 12.3 Å². The van der Waals surface area contributed by atoms with E-state index >= 15 is 0 Å². The molecule has 2 rings (SSSR count). The van der Waals surface area contributed by atoms with E-state index in [9.17, 15) is 4.79 Å². The summed E-state index contributed by atoms with van der Waals surface area (Å²) in [6.45, 7) is 5.31. The predicted octanol–water partition coefficient (Wildman–Crippen LogP) is 1.09. The van der Waals surface area contributed by atoms with Gasteiger partial charge in [-0.25, -0.2) is 4.68 Å². The second-order valence-corrected chi connectivity index (χ2v) is 5.50. The van der Waals surface area contributed by atoms with Gasteiger partial charge in [0.1, 0.15) is 6.54 Å². The molecule has 2 aromatic rings. The standard InChI is InChI=1S/C13H19BrN6O/c1-3-11-13(14)12(20(4-2)17-11)5-10(21)8-19-7-9(6-15)16-18-19/h7H,3-6,8,15H2,1-2H3. The number of aryl methyl sites for hydroxylation is 2. The Morgan fingerprint density at radius 3 is 2.76 bits per heavy atom. The maximum Gasteiger partial charge on any atom is 0.160 e. The summed E-state index contributed by atoms with van der Waals surface area (Å²) in [5, 5.41) is 12.2. The lowest BCUT2D eigenvalue weighted by Crippen LogP contribution is -2.16. The first-order valence-corrected chi connectivity index (χ1v) is 7.73. The number of Topliss-reactive ketones (excluding diaryl/α,β-unsaturated/α-hetero) is 1. The van der Waals surface area contributed by atoms with Crippen molar-refractivity contribution in [2.24, 2.45) is 5.73 Å². The average molecular weight is 355 g/mol. The van der Waals surface area contributed by atoms with Crippen LogP contribution in [0.1, 0.15) is 30.9 Å². The Labute approximate surface area is 131 Å². The number of carbonyl (C=O) groups excluding carboxylic acids is 1. The summed E-state index contributed by atoms with van der Waals surface area (Å²) in [5.74, 6) is 0.0569. The van der Waals surface area contributed by atoms with Gasteiger partial charge in [0.15, 0.2) is 5.78 Å². The highest BCUT2D eigenvalue weighted by Crippen LogP contribution is 2.23. The number of rotatable bonds is 7. The number of halogens is 1. The van der Waals surface area contributed by atoms with Gasteiger partial charge in [-0.2, -0.15) is 5.10 Å². The Hall–Kier alpha value is -1.54. The van der Waals surface area contributed by atoms with Gasteiger partial charge in [-0.05, 0) is 29.3 Å². The van der Waals surface area contributed by atoms with Gasteiger partial charge in [-0.3, -0.25) is 9.48 Å². The van der Waals surface area contributed by atoms with Gasteiger partial charge in [0, 0.05) is 13.1 Å². The molecule has 0 saturated carbocycles. The number of ketones is 1. The molecule has 0 bridgehead atoms. The lowest BCUT2D eigenvalue weighted by Gasteiger charge is -2.05. The van der Waals surface area contributed by atoms with E-state index in [2.05, 4.69) is 31.3 Å². The van der Waals surface area contributed by atoms with Crippen LogP contribution in [0.4, 0.5) is 0 Å². The largest absolute Gasteiger partial charge is 0.325 e. The average Bonchev–Trinajstić information content (AvgIpc) is 3.04. The van der Waals surface area contributed by atoms with E-state index in [4.69, 9.17) is 5.73 Å². The molecule has 21 heavy (non-hydrogen) atoms. The first-order chi connectivity index (χ1) is 10.1. The van der Waals surface area contributed by atoms with E-state index in [1.807, 2.05) is 18.5 Å². The third kappa shape index (κ3) is 3.56. The lowest BCUT2D eigenvalue weighted by atomic mass is 10.2. The molecule has 0 aliphatic carbocycles. The van der Waals surface area contributed by atoms with Gasteiger partial charge in [-0.1, -0.05) is 12.1 Å². The first-order valence-electron chi connectivity index (χ1n) is 6.93. The van der Waals surface area contributed by atoms with Crippen molar-refractivity contribution in [1.82, 2.24) is 24.8 Å². The van der Waals surface area contributed by atoms with Crippen molar-refractivity contribution in [3.8, 4) is 0 Å². The summed E-state index contributed by atoms with van der Waals surface area (Å²) in [7, 11) is 0. The van der Waals surface area contributed by atoms with Crippen molar-refractivity contribution in [3.05, 3.63) is 27.8 Å². The molecule has 8 heteroatoms. The topological polar surface area (TPSA) is 91.6 Å². The van der Waals surface area contributed by atoms with Crippen LogP contribution in [0.15, 0.2) is 10.7 Å². The minimum Gasteiger partial charge on any atom is -0.325 e. The molecule has 0 amide bonds. The molecule has 7 nitrogen and oxygen atoms in total. The summed E-state index contributed by atoms with van der Waals surface area (Å²) in [6, 6.07) is 0. The fourth-order valence-electron chi connectivity index (χ4n) is 2.12. The molecule has 0 aliphatic rings. The number of hydrogen-bond donors (Lipinski definition) is 1. The van der Waals surface area contributed by atoms with Crippen molar-refractivity contribution >= 4 is 21.7 Å². The zero-order chi connectivity index (χ0) is 15.4. The van der Waals surface area contributed by atoms with Crippen molar-refractivity contribution in [2.45, 2.75) is 46.3 Å². The second kappa shape index (κ2) is 6.95. The Morgan fingerprint density at radius 1 is 1.43 bits per heavy atom. The molecule has 0 fully saturated rings. The van der Waals surface area contributed by atoms with Crippen molar-refractivity contribution in [3.63, 3.8) is 0 Å². The normalized spacial score (nSPS) is 11.0. The Morgan fingerprint density at radius 2 is 2.19 bits per heavy atom. The molecular formula is C13H19BrN6O. The van der Waals surface area contributed by atoms with Crippen LogP contribution in [-0.4, -0.2) is 30.6 Å². The fourth-order valence-corrected chi connectivity index (χ4v) is 2.82. The summed E-state index contributed by atoms with van der Waals surface area (Å²) < 4.78 is 4.32. The Balaban J connectivity index is 2.10. The van der Waals surface area contributed by atoms with E-state index in [1.54, 1.807) is 6.20 Å². The molecule has 2 aromatic heterocycles. The first kappa shape index (κ1) is 15.8. The number of nitrogens with two attached hydrogens (primary N) is 1. The number of aromatic nitrogens is 5. The predicted molar refractivity (Wildman–Crippen MR) is 81.6 cm³/mol. The van der Waals surface area contributed by atoms with Crippen LogP contribution in [0, 0.1) is 0 Å². The zero-order valence-corrected chi connectivity index (χ0v) is 13.8. The van der Waals surface area contributed by atoms with E-state index in [0.717, 1.165) is 28.8 Å². The van der Waals surface area contributed by atoms with Crippen molar-refractivity contribution < 1.29 is 4.79 Å². The molecule has 0 aromatic carbocycles. The van der Waals surface area contributed by atoms with E-state index < -0.39 is 0 Å². The van der Waals surface area contributed by atoms with Crippen LogP contribution in [0.3, 0.4) is 0 Å². The van der Waals surface area contributed by atoms with Crippen LogP contribution in [-0.2, 0) is 37.3 Å². The highest BCUT2D eigenvalue weighted by molar-refractivity contribution is 9.10. The number of hydrogen-bond acceptors (Lipinski definition) is 5. The van der Waals surface area contributed by atoms with Gasteiger partial charge in [0.05, 0.1) is 34.2 Å². The molecule has 2 N–H and O–H groups in total. The summed E-state index contributed by atoms with van der Waals surface area (Å²) in [4.78, 5) is 12.2. The van der Waals surface area contributed by atoms with Gasteiger partial charge in [0.2, 0.25) is 0 Å². The van der Waals surface area contributed by atoms with Crippen LogP contribution in [0.5, 0.6) is 0 Å². The SMILES string of the molecule is CCc1nn(CC)c(CC(=O)Cn2cc(CN)nn2)c1Br. The monoisotopic (exact) mass is 354 g/mol. The molecule has 0 radical (unpaired) electrons. The number of nitrogens with zero attached hydrogens (tertiary/aromatic N) is 5. The van der Waals surface area contributed by atoms with Crippen LogP contribution in [0.25, 0.3) is 0 Å². The molecule has 0 unspecified atom stereocenters. The third-order valence-electron chi connectivity index (χ3n) is 3.19. The van der Waals surface area contributed by atoms with Crippen molar-refractivity contribution in [2.75, 3.05) is 0 Å². The molecule has 114 valence electrons. The van der Waals surface area contributed by atoms with Crippen LogP contribution < -0.4 is 5.73 Å². The van der Waals surface area contributed by atoms with Gasteiger partial charge in [-0.15, -0.1) is 5.10 Å². The fraction of sp³-hybridized carbons (Fsp3) is 0.538. The van der Waals surface area contributed by atoms with Crippen LogP contribution >= 0.6 is 15.9 Å².